The maximum atomic E-state index is 11.1. The second kappa shape index (κ2) is 8.25. The molecule has 1 heterocycles. The van der Waals surface area contributed by atoms with E-state index >= 15 is 0 Å². The van der Waals surface area contributed by atoms with E-state index in [1.54, 1.807) is 56.5 Å². The minimum Gasteiger partial charge on any atom is -0.504 e. The summed E-state index contributed by atoms with van der Waals surface area (Å²) in [6.07, 6.45) is 1.58. The lowest BCUT2D eigenvalue weighted by atomic mass is 10.2. The molecule has 0 amide bonds. The van der Waals surface area contributed by atoms with E-state index in [2.05, 4.69) is 25.6 Å². The Morgan fingerprint density at radius 1 is 1.03 bits per heavy atom. The van der Waals surface area contributed by atoms with E-state index in [0.29, 0.717) is 11.5 Å². The highest BCUT2D eigenvalue weighted by molar-refractivity contribution is 5.79. The summed E-state index contributed by atoms with van der Waals surface area (Å²) in [7, 11) is 5.32. The molecule has 0 aliphatic heterocycles. The van der Waals surface area contributed by atoms with E-state index in [9.17, 15) is 15.2 Å². The lowest BCUT2D eigenvalue weighted by Crippen LogP contribution is -2.08. The van der Waals surface area contributed by atoms with Crippen molar-refractivity contribution < 1.29 is 10.0 Å². The minimum atomic E-state index is -0.545. The molecule has 0 saturated heterocycles. The van der Waals surface area contributed by atoms with E-state index in [1.165, 1.54) is 22.9 Å². The summed E-state index contributed by atoms with van der Waals surface area (Å²) in [6.45, 7) is 0. The summed E-state index contributed by atoms with van der Waals surface area (Å²) in [6, 6.07) is 10.9. The van der Waals surface area contributed by atoms with Crippen molar-refractivity contribution in [3.05, 3.63) is 58.8 Å². The van der Waals surface area contributed by atoms with Crippen molar-refractivity contribution in [2.24, 2.45) is 27.5 Å². The van der Waals surface area contributed by atoms with Gasteiger partial charge in [0.1, 0.15) is 5.69 Å². The van der Waals surface area contributed by atoms with Crippen LogP contribution in [-0.4, -0.2) is 33.9 Å². The zero-order valence-electron chi connectivity index (χ0n) is 16.0. The molecule has 0 spiro atoms. The number of nitro groups is 1. The number of rotatable bonds is 6. The van der Waals surface area contributed by atoms with Crippen molar-refractivity contribution in [1.82, 2.24) is 9.78 Å². The number of aromatic nitrogens is 2. The Balaban J connectivity index is 2.02. The molecule has 148 valence electrons. The molecule has 3 aromatic rings. The number of hydrogen-bond donors (Lipinski definition) is 1. The zero-order valence-corrected chi connectivity index (χ0v) is 16.0. The predicted octanol–water partition coefficient (Wildman–Crippen LogP) is 4.93. The van der Waals surface area contributed by atoms with Crippen LogP contribution in [0.2, 0.25) is 0 Å². The molecular formula is C18H18N8O3. The Kier molecular flexibility index (Phi) is 5.58. The number of nitro benzene ring substituents is 1. The molecule has 0 atom stereocenters. The van der Waals surface area contributed by atoms with Gasteiger partial charge >= 0.3 is 0 Å². The second-order valence-corrected chi connectivity index (χ2v) is 6.15. The number of azo groups is 2. The number of hydrogen-bond acceptors (Lipinski definition) is 9. The third kappa shape index (κ3) is 4.24. The summed E-state index contributed by atoms with van der Waals surface area (Å²) in [4.78, 5) is 12.3. The van der Waals surface area contributed by atoms with E-state index in [0.717, 1.165) is 0 Å². The largest absolute Gasteiger partial charge is 0.504 e. The molecule has 0 aliphatic rings. The summed E-state index contributed by atoms with van der Waals surface area (Å²) < 4.78 is 1.54. The lowest BCUT2D eigenvalue weighted by molar-refractivity contribution is -0.384. The van der Waals surface area contributed by atoms with Crippen LogP contribution in [0.4, 0.5) is 34.3 Å². The molecule has 0 saturated carbocycles. The fourth-order valence-electron chi connectivity index (χ4n) is 2.48. The maximum Gasteiger partial charge on any atom is 0.296 e. The molecule has 1 N–H and O–H groups in total. The SMILES string of the molecule is CN(C)c1ccc(N=Nc2ccccc2[N+](=O)[O-])c(O)c1N=Nc1ccnn1C. The molecule has 3 rings (SSSR count). The number of aryl methyl sites for hydroxylation is 1. The number of aromatic hydroxyl groups is 1. The quantitative estimate of drug-likeness (QED) is 0.359. The average molecular weight is 394 g/mol. The van der Waals surface area contributed by atoms with Crippen LogP contribution >= 0.6 is 0 Å². The fourth-order valence-corrected chi connectivity index (χ4v) is 2.48. The Hall–Kier alpha value is -4.15. The van der Waals surface area contributed by atoms with Crippen molar-refractivity contribution in [3.63, 3.8) is 0 Å². The molecule has 0 fully saturated rings. The van der Waals surface area contributed by atoms with Crippen LogP contribution in [0.15, 0.2) is 69.1 Å². The first-order valence-electron chi connectivity index (χ1n) is 8.46. The highest BCUT2D eigenvalue weighted by Gasteiger charge is 2.16. The van der Waals surface area contributed by atoms with Gasteiger partial charge in [0.05, 0.1) is 16.8 Å². The Bertz CT molecular complexity index is 1100. The molecule has 0 unspecified atom stereocenters. The molecule has 2 aromatic carbocycles. The summed E-state index contributed by atoms with van der Waals surface area (Å²) in [5.41, 5.74) is 0.796. The van der Waals surface area contributed by atoms with Crippen LogP contribution in [0.3, 0.4) is 0 Å². The normalized spacial score (nSPS) is 11.4. The number of phenolic OH excluding ortho intramolecular Hbond substituents is 1. The first kappa shape index (κ1) is 19.6. The number of anilines is 1. The van der Waals surface area contributed by atoms with Crippen molar-refractivity contribution in [1.29, 1.82) is 0 Å². The van der Waals surface area contributed by atoms with E-state index in [-0.39, 0.29) is 28.5 Å². The van der Waals surface area contributed by atoms with Gasteiger partial charge in [-0.15, -0.1) is 20.5 Å². The van der Waals surface area contributed by atoms with Crippen molar-refractivity contribution >= 4 is 34.3 Å². The van der Waals surface area contributed by atoms with Crippen LogP contribution < -0.4 is 4.90 Å². The second-order valence-electron chi connectivity index (χ2n) is 6.15. The molecule has 0 bridgehead atoms. The monoisotopic (exact) mass is 394 g/mol. The van der Waals surface area contributed by atoms with E-state index in [1.807, 2.05) is 0 Å². The van der Waals surface area contributed by atoms with Crippen LogP contribution in [0, 0.1) is 10.1 Å². The van der Waals surface area contributed by atoms with Gasteiger partial charge in [-0.3, -0.25) is 10.1 Å². The van der Waals surface area contributed by atoms with Gasteiger partial charge in [-0.1, -0.05) is 12.1 Å². The van der Waals surface area contributed by atoms with Crippen LogP contribution in [0.1, 0.15) is 0 Å². The number of para-hydroxylation sites is 1. The summed E-state index contributed by atoms with van der Waals surface area (Å²) in [5, 5.41) is 42.0. The van der Waals surface area contributed by atoms with Gasteiger partial charge in [0.2, 0.25) is 0 Å². The van der Waals surface area contributed by atoms with Crippen molar-refractivity contribution in [3.8, 4) is 5.75 Å². The Labute approximate surface area is 165 Å². The highest BCUT2D eigenvalue weighted by Crippen LogP contribution is 2.44. The maximum absolute atomic E-state index is 11.1. The molecule has 1 aromatic heterocycles. The van der Waals surface area contributed by atoms with Crippen LogP contribution in [0.5, 0.6) is 5.75 Å². The predicted molar refractivity (Wildman–Crippen MR) is 107 cm³/mol. The third-order valence-corrected chi connectivity index (χ3v) is 3.98. The first-order chi connectivity index (χ1) is 13.9. The van der Waals surface area contributed by atoms with Gasteiger partial charge in [-0.2, -0.15) is 5.10 Å². The standard InChI is InChI=1S/C18H18N8O3/c1-24(2)15-9-8-13(21-20-12-6-4-5-7-14(12)26(28)29)18(27)17(15)23-22-16-10-11-19-25(16)3/h4-11,27H,1-3H3. The molecular weight excluding hydrogens is 376 g/mol. The smallest absolute Gasteiger partial charge is 0.296 e. The van der Waals surface area contributed by atoms with Gasteiger partial charge in [0, 0.05) is 33.3 Å². The Morgan fingerprint density at radius 2 is 1.76 bits per heavy atom. The summed E-state index contributed by atoms with van der Waals surface area (Å²) >= 11 is 0. The van der Waals surface area contributed by atoms with Gasteiger partial charge in [-0.25, -0.2) is 4.68 Å². The van der Waals surface area contributed by atoms with Crippen LogP contribution in [-0.2, 0) is 7.05 Å². The molecule has 0 aliphatic carbocycles. The number of benzene rings is 2. The fraction of sp³-hybridized carbons (Fsp3) is 0.167. The topological polar surface area (TPSA) is 134 Å². The van der Waals surface area contributed by atoms with Crippen molar-refractivity contribution in [2.75, 3.05) is 19.0 Å². The average Bonchev–Trinajstić information content (AvgIpc) is 3.10. The number of nitrogens with zero attached hydrogens (tertiary/aromatic N) is 8. The van der Waals surface area contributed by atoms with Gasteiger partial charge < -0.3 is 10.0 Å². The zero-order chi connectivity index (χ0) is 21.0. The van der Waals surface area contributed by atoms with Gasteiger partial charge in [0.15, 0.2) is 22.9 Å². The van der Waals surface area contributed by atoms with Crippen LogP contribution in [0.25, 0.3) is 0 Å². The molecule has 0 radical (unpaired) electrons. The Morgan fingerprint density at radius 3 is 2.41 bits per heavy atom. The van der Waals surface area contributed by atoms with E-state index < -0.39 is 4.92 Å². The van der Waals surface area contributed by atoms with Gasteiger partial charge in [-0.05, 0) is 18.2 Å². The molecule has 11 heteroatoms. The van der Waals surface area contributed by atoms with Gasteiger partial charge in [0.25, 0.3) is 5.69 Å². The first-order valence-corrected chi connectivity index (χ1v) is 8.46. The third-order valence-electron chi connectivity index (χ3n) is 3.98. The van der Waals surface area contributed by atoms with Crippen molar-refractivity contribution in [2.45, 2.75) is 0 Å². The lowest BCUT2D eigenvalue weighted by Gasteiger charge is -2.16. The number of phenols is 1. The highest BCUT2D eigenvalue weighted by atomic mass is 16.6. The van der Waals surface area contributed by atoms with E-state index in [4.69, 9.17) is 0 Å². The summed E-state index contributed by atoms with van der Waals surface area (Å²) in [5.74, 6) is 0.255. The molecule has 11 nitrogen and oxygen atoms in total. The molecule has 29 heavy (non-hydrogen) atoms. The minimum absolute atomic E-state index is 0.0756.